The molecular formula is C47H31N3O2. The molecule has 0 bridgehead atoms. The lowest BCUT2D eigenvalue weighted by atomic mass is 9.93. The first-order valence-corrected chi connectivity index (χ1v) is 17.4. The third-order valence-electron chi connectivity index (χ3n) is 9.98. The Bertz CT molecular complexity index is 3070. The van der Waals surface area contributed by atoms with Gasteiger partial charge in [0.2, 0.25) is 0 Å². The van der Waals surface area contributed by atoms with Crippen molar-refractivity contribution in [3.8, 4) is 11.1 Å². The van der Waals surface area contributed by atoms with E-state index in [9.17, 15) is 0 Å². The summed E-state index contributed by atoms with van der Waals surface area (Å²) in [6.07, 6.45) is 0. The van der Waals surface area contributed by atoms with Crippen LogP contribution in [0.25, 0.3) is 76.5 Å². The van der Waals surface area contributed by atoms with Crippen molar-refractivity contribution in [3.63, 3.8) is 0 Å². The molecule has 10 aromatic rings. The van der Waals surface area contributed by atoms with E-state index in [4.69, 9.17) is 24.6 Å². The summed E-state index contributed by atoms with van der Waals surface area (Å²) in [6, 6.07) is 56.0. The third kappa shape index (κ3) is 5.02. The molecule has 0 saturated heterocycles. The van der Waals surface area contributed by atoms with Crippen LogP contribution in [0.1, 0.15) is 16.7 Å². The van der Waals surface area contributed by atoms with Gasteiger partial charge in [-0.05, 0) is 74.6 Å². The minimum Gasteiger partial charge on any atom is -0.456 e. The molecule has 0 aliphatic rings. The number of benzene rings is 8. The number of nitrogens with two attached hydrogens (primary N) is 1. The Morgan fingerprint density at radius 3 is 2.04 bits per heavy atom. The van der Waals surface area contributed by atoms with E-state index in [-0.39, 0.29) is 0 Å². The molecule has 2 aromatic heterocycles. The summed E-state index contributed by atoms with van der Waals surface area (Å²) in [4.78, 5) is 10.2. The Labute approximate surface area is 299 Å². The van der Waals surface area contributed by atoms with Gasteiger partial charge in [-0.25, -0.2) is 4.99 Å². The highest BCUT2D eigenvalue weighted by Gasteiger charge is 2.17. The average Bonchev–Trinajstić information content (AvgIpc) is 3.77. The fourth-order valence-electron chi connectivity index (χ4n) is 7.50. The number of para-hydroxylation sites is 2. The second kappa shape index (κ2) is 12.1. The summed E-state index contributed by atoms with van der Waals surface area (Å²) < 4.78 is 12.5. The maximum atomic E-state index is 6.98. The Morgan fingerprint density at radius 1 is 0.481 bits per heavy atom. The van der Waals surface area contributed by atoms with Gasteiger partial charge in [0.25, 0.3) is 0 Å². The van der Waals surface area contributed by atoms with Gasteiger partial charge in [0.15, 0.2) is 5.84 Å². The minimum atomic E-state index is 0.386. The normalized spacial score (nSPS) is 12.6. The van der Waals surface area contributed by atoms with E-state index in [2.05, 4.69) is 109 Å². The highest BCUT2D eigenvalue weighted by Crippen LogP contribution is 2.39. The van der Waals surface area contributed by atoms with E-state index < -0.39 is 0 Å². The van der Waals surface area contributed by atoms with Crippen LogP contribution in [-0.2, 0) is 6.54 Å². The summed E-state index contributed by atoms with van der Waals surface area (Å²) >= 11 is 0. The molecular weight excluding hydrogens is 639 g/mol. The lowest BCUT2D eigenvalue weighted by Gasteiger charge is -2.12. The number of nitrogens with zero attached hydrogens (tertiary/aromatic N) is 2. The van der Waals surface area contributed by atoms with Gasteiger partial charge in [0.1, 0.15) is 28.2 Å². The van der Waals surface area contributed by atoms with Crippen LogP contribution in [-0.4, -0.2) is 11.7 Å². The molecule has 0 aliphatic heterocycles. The summed E-state index contributed by atoms with van der Waals surface area (Å²) in [7, 11) is 0. The zero-order valence-electron chi connectivity index (χ0n) is 28.1. The fraction of sp³-hybridized carbons (Fsp3) is 0.0213. The Hall–Kier alpha value is -6.98. The summed E-state index contributed by atoms with van der Waals surface area (Å²) in [5, 5.41) is 8.77. The van der Waals surface area contributed by atoms with Crippen LogP contribution in [0.2, 0.25) is 0 Å². The largest absolute Gasteiger partial charge is 0.456 e. The number of hydrogen-bond donors (Lipinski definition) is 1. The van der Waals surface area contributed by atoms with Crippen molar-refractivity contribution in [2.75, 3.05) is 0 Å². The average molecular weight is 670 g/mol. The monoisotopic (exact) mass is 669 g/mol. The molecule has 5 nitrogen and oxygen atoms in total. The van der Waals surface area contributed by atoms with Gasteiger partial charge in [0, 0.05) is 32.7 Å². The smallest absolute Gasteiger partial charge is 0.157 e. The van der Waals surface area contributed by atoms with Crippen LogP contribution in [0.5, 0.6) is 0 Å². The molecule has 0 spiro atoms. The predicted molar refractivity (Wildman–Crippen MR) is 215 cm³/mol. The van der Waals surface area contributed by atoms with Crippen LogP contribution in [0, 0.1) is 0 Å². The van der Waals surface area contributed by atoms with Crippen molar-refractivity contribution in [1.82, 2.24) is 0 Å². The molecule has 0 amide bonds. The standard InChI is InChI=1S/C47H31N3O2/c48-46(39-18-8-14-33-34(15-7-16-35(33)39)38-17-9-21-43-45(38)40-13-4-6-20-42(40)51-43)50-47(49-28-29-22-23-30-10-1-2-11-31(30)26-29)32-24-25-37-36-12-3-5-19-41(36)52-44(37)27-32/h1-27H,28H2,(H2,48,49,50). The molecule has 52 heavy (non-hydrogen) atoms. The highest BCUT2D eigenvalue weighted by molar-refractivity contribution is 6.20. The molecule has 2 heterocycles. The minimum absolute atomic E-state index is 0.386. The molecule has 5 heteroatoms. The third-order valence-corrected chi connectivity index (χ3v) is 9.98. The molecule has 0 fully saturated rings. The molecule has 0 radical (unpaired) electrons. The van der Waals surface area contributed by atoms with Crippen molar-refractivity contribution in [3.05, 3.63) is 180 Å². The van der Waals surface area contributed by atoms with E-state index in [0.717, 1.165) is 82.5 Å². The van der Waals surface area contributed by atoms with Gasteiger partial charge in [-0.3, -0.25) is 4.99 Å². The van der Waals surface area contributed by atoms with Gasteiger partial charge in [0.05, 0.1) is 6.54 Å². The first-order chi connectivity index (χ1) is 25.7. The quantitative estimate of drug-likeness (QED) is 0.146. The van der Waals surface area contributed by atoms with Gasteiger partial charge in [-0.2, -0.15) is 0 Å². The van der Waals surface area contributed by atoms with E-state index in [0.29, 0.717) is 18.2 Å². The van der Waals surface area contributed by atoms with Crippen molar-refractivity contribution in [2.45, 2.75) is 6.54 Å². The van der Waals surface area contributed by atoms with Gasteiger partial charge >= 0.3 is 0 Å². The Morgan fingerprint density at radius 2 is 1.13 bits per heavy atom. The lowest BCUT2D eigenvalue weighted by Crippen LogP contribution is -2.17. The molecule has 0 aliphatic carbocycles. The van der Waals surface area contributed by atoms with Crippen molar-refractivity contribution in [1.29, 1.82) is 0 Å². The zero-order chi connectivity index (χ0) is 34.6. The van der Waals surface area contributed by atoms with E-state index in [1.807, 2.05) is 54.6 Å². The molecule has 10 rings (SSSR count). The summed E-state index contributed by atoms with van der Waals surface area (Å²) in [5.74, 6) is 0.924. The van der Waals surface area contributed by atoms with E-state index in [1.54, 1.807) is 0 Å². The zero-order valence-corrected chi connectivity index (χ0v) is 28.1. The SMILES string of the molecule is N/C(=N\C(=N/Cc1ccc2ccccc2c1)c1ccc2c(c1)oc1ccccc12)c1cccc2c(-c3cccc4oc5ccccc5c34)cccc12. The maximum absolute atomic E-state index is 6.98. The predicted octanol–water partition coefficient (Wildman–Crippen LogP) is 11.8. The number of furan rings is 2. The molecule has 0 atom stereocenters. The van der Waals surface area contributed by atoms with Gasteiger partial charge in [-0.15, -0.1) is 0 Å². The number of rotatable bonds is 5. The highest BCUT2D eigenvalue weighted by atomic mass is 16.3. The van der Waals surface area contributed by atoms with Crippen LogP contribution in [0.15, 0.2) is 183 Å². The van der Waals surface area contributed by atoms with Crippen molar-refractivity contribution >= 4 is 77.1 Å². The first kappa shape index (κ1) is 29.9. The van der Waals surface area contributed by atoms with Gasteiger partial charge < -0.3 is 14.6 Å². The topological polar surface area (TPSA) is 77.0 Å². The molecule has 8 aromatic carbocycles. The van der Waals surface area contributed by atoms with Crippen LogP contribution in [0.4, 0.5) is 0 Å². The summed E-state index contributed by atoms with van der Waals surface area (Å²) in [6.45, 7) is 0.442. The Balaban J connectivity index is 1.11. The van der Waals surface area contributed by atoms with Crippen molar-refractivity contribution in [2.24, 2.45) is 15.7 Å². The van der Waals surface area contributed by atoms with Crippen LogP contribution in [0.3, 0.4) is 0 Å². The molecule has 0 saturated carbocycles. The number of hydrogen-bond acceptors (Lipinski definition) is 3. The first-order valence-electron chi connectivity index (χ1n) is 17.4. The second-order valence-corrected chi connectivity index (χ2v) is 13.1. The Kier molecular flexibility index (Phi) is 6.96. The van der Waals surface area contributed by atoms with E-state index >= 15 is 0 Å². The van der Waals surface area contributed by atoms with Gasteiger partial charge in [-0.1, -0.05) is 127 Å². The number of aliphatic imine (C=N–C) groups is 2. The summed E-state index contributed by atoms with van der Waals surface area (Å²) in [5.41, 5.74) is 15.3. The van der Waals surface area contributed by atoms with Crippen LogP contribution < -0.4 is 5.73 Å². The molecule has 0 unspecified atom stereocenters. The number of fused-ring (bicyclic) bond motifs is 8. The number of amidine groups is 2. The van der Waals surface area contributed by atoms with Crippen LogP contribution >= 0.6 is 0 Å². The fourth-order valence-corrected chi connectivity index (χ4v) is 7.50. The maximum Gasteiger partial charge on any atom is 0.157 e. The lowest BCUT2D eigenvalue weighted by molar-refractivity contribution is 0.668. The molecule has 246 valence electrons. The molecule has 2 N–H and O–H groups in total. The van der Waals surface area contributed by atoms with E-state index in [1.165, 1.54) is 10.8 Å². The second-order valence-electron chi connectivity index (χ2n) is 13.1. The van der Waals surface area contributed by atoms with Crippen molar-refractivity contribution < 1.29 is 8.83 Å².